The minimum Gasteiger partial charge on any atom is -0.382 e. The van der Waals surface area contributed by atoms with Crippen LogP contribution in [-0.2, 0) is 4.79 Å². The Kier molecular flexibility index (Phi) is 2.75. The number of nitriles is 1. The molecule has 2 heterocycles. The monoisotopic (exact) mass is 229 g/mol. The highest BCUT2D eigenvalue weighted by Crippen LogP contribution is 2.23. The largest absolute Gasteiger partial charge is 0.382 e. The van der Waals surface area contributed by atoms with Crippen LogP contribution in [0.4, 0.5) is 11.8 Å². The van der Waals surface area contributed by atoms with E-state index < -0.39 is 0 Å². The Bertz CT molecular complexity index is 519. The molecule has 1 unspecified atom stereocenters. The van der Waals surface area contributed by atoms with Crippen LogP contribution in [0.3, 0.4) is 0 Å². The van der Waals surface area contributed by atoms with Crippen molar-refractivity contribution in [1.82, 2.24) is 9.97 Å². The van der Waals surface area contributed by atoms with Crippen molar-refractivity contribution in [2.75, 3.05) is 17.2 Å². The Morgan fingerprint density at radius 2 is 2.47 bits per heavy atom. The first-order valence-corrected chi connectivity index (χ1v) is 5.11. The van der Waals surface area contributed by atoms with Crippen LogP contribution in [0.25, 0.3) is 0 Å². The number of hydrogen-bond donors (Lipinski definition) is 1. The van der Waals surface area contributed by atoms with Gasteiger partial charge in [-0.15, -0.1) is 6.58 Å². The zero-order chi connectivity index (χ0) is 12.4. The molecule has 0 aromatic carbocycles. The highest BCUT2D eigenvalue weighted by atomic mass is 16.2. The summed E-state index contributed by atoms with van der Waals surface area (Å²) in [6.45, 7) is 4.17. The Balaban J connectivity index is 2.30. The van der Waals surface area contributed by atoms with E-state index in [1.165, 1.54) is 11.1 Å². The van der Waals surface area contributed by atoms with Crippen LogP contribution in [0.15, 0.2) is 18.9 Å². The number of nitrogen functional groups attached to an aromatic ring is 1. The van der Waals surface area contributed by atoms with E-state index in [1.807, 2.05) is 6.07 Å². The molecule has 86 valence electrons. The van der Waals surface area contributed by atoms with Gasteiger partial charge >= 0.3 is 0 Å². The molecule has 1 aromatic rings. The van der Waals surface area contributed by atoms with Crippen LogP contribution in [0, 0.1) is 17.2 Å². The minimum atomic E-state index is -0.0565. The number of carbonyl (C=O) groups excluding carboxylic acids is 1. The molecule has 0 saturated carbocycles. The number of anilines is 2. The fourth-order valence-corrected chi connectivity index (χ4v) is 1.69. The average molecular weight is 229 g/mol. The number of amides is 1. The summed E-state index contributed by atoms with van der Waals surface area (Å²) in [6.07, 6.45) is 3.48. The quantitative estimate of drug-likeness (QED) is 0.743. The lowest BCUT2D eigenvalue weighted by molar-refractivity contribution is -0.117. The van der Waals surface area contributed by atoms with Crippen molar-refractivity contribution in [1.29, 1.82) is 5.26 Å². The minimum absolute atomic E-state index is 0.0565. The van der Waals surface area contributed by atoms with E-state index in [4.69, 9.17) is 11.0 Å². The second kappa shape index (κ2) is 4.22. The third-order valence-electron chi connectivity index (χ3n) is 2.66. The Morgan fingerprint density at radius 3 is 3.00 bits per heavy atom. The number of carbonyl (C=O) groups is 1. The van der Waals surface area contributed by atoms with Crippen LogP contribution in [0.2, 0.25) is 0 Å². The van der Waals surface area contributed by atoms with Gasteiger partial charge in [0.1, 0.15) is 17.5 Å². The van der Waals surface area contributed by atoms with Crippen molar-refractivity contribution in [3.8, 4) is 6.07 Å². The van der Waals surface area contributed by atoms with Gasteiger partial charge in [-0.05, 0) is 0 Å². The summed E-state index contributed by atoms with van der Waals surface area (Å²) in [7, 11) is 0. The van der Waals surface area contributed by atoms with Gasteiger partial charge in [0, 0.05) is 18.9 Å². The molecular weight excluding hydrogens is 218 g/mol. The summed E-state index contributed by atoms with van der Waals surface area (Å²) in [6, 6.07) is 1.87. The summed E-state index contributed by atoms with van der Waals surface area (Å²) in [4.78, 5) is 21.1. The van der Waals surface area contributed by atoms with Gasteiger partial charge in [-0.2, -0.15) is 10.2 Å². The first-order chi connectivity index (χ1) is 8.15. The highest BCUT2D eigenvalue weighted by Gasteiger charge is 2.30. The van der Waals surface area contributed by atoms with E-state index in [0.29, 0.717) is 13.0 Å². The molecule has 0 aliphatic carbocycles. The molecular formula is C11H11N5O. The summed E-state index contributed by atoms with van der Waals surface area (Å²) >= 11 is 0. The van der Waals surface area contributed by atoms with Gasteiger partial charge in [0.05, 0.1) is 6.20 Å². The lowest BCUT2D eigenvalue weighted by Gasteiger charge is -2.13. The molecule has 1 saturated heterocycles. The molecule has 2 rings (SSSR count). The fraction of sp³-hybridized carbons (Fsp3) is 0.273. The number of nitrogens with two attached hydrogens (primary N) is 1. The molecule has 2 N–H and O–H groups in total. The van der Waals surface area contributed by atoms with Gasteiger partial charge in [-0.25, -0.2) is 4.98 Å². The van der Waals surface area contributed by atoms with Crippen molar-refractivity contribution < 1.29 is 4.79 Å². The maximum absolute atomic E-state index is 11.7. The lowest BCUT2D eigenvalue weighted by Crippen LogP contribution is -2.26. The molecule has 0 bridgehead atoms. The molecule has 0 spiro atoms. The molecule has 6 heteroatoms. The fourth-order valence-electron chi connectivity index (χ4n) is 1.69. The molecule has 1 atom stereocenters. The maximum atomic E-state index is 11.7. The van der Waals surface area contributed by atoms with Gasteiger partial charge in [0.2, 0.25) is 11.9 Å². The smallest absolute Gasteiger partial charge is 0.234 e. The second-order valence-electron chi connectivity index (χ2n) is 3.78. The average Bonchev–Trinajstić information content (AvgIpc) is 2.70. The predicted octanol–water partition coefficient (Wildman–Crippen LogP) is 0.469. The topological polar surface area (TPSA) is 95.9 Å². The molecule has 17 heavy (non-hydrogen) atoms. The second-order valence-corrected chi connectivity index (χ2v) is 3.78. The van der Waals surface area contributed by atoms with Gasteiger partial charge in [-0.1, -0.05) is 6.08 Å². The molecule has 1 aliphatic rings. The highest BCUT2D eigenvalue weighted by molar-refractivity contribution is 5.94. The molecule has 1 aromatic heterocycles. The maximum Gasteiger partial charge on any atom is 0.234 e. The van der Waals surface area contributed by atoms with E-state index in [-0.39, 0.29) is 29.2 Å². The predicted molar refractivity (Wildman–Crippen MR) is 61.8 cm³/mol. The van der Waals surface area contributed by atoms with Gasteiger partial charge in [0.15, 0.2) is 0 Å². The van der Waals surface area contributed by atoms with Gasteiger partial charge in [0.25, 0.3) is 0 Å². The molecule has 1 amide bonds. The number of nitrogens with zero attached hydrogens (tertiary/aromatic N) is 4. The van der Waals surface area contributed by atoms with Crippen LogP contribution in [0.1, 0.15) is 12.0 Å². The van der Waals surface area contributed by atoms with Crippen molar-refractivity contribution in [3.63, 3.8) is 0 Å². The van der Waals surface area contributed by atoms with Crippen LogP contribution in [-0.4, -0.2) is 22.4 Å². The van der Waals surface area contributed by atoms with E-state index >= 15 is 0 Å². The van der Waals surface area contributed by atoms with Crippen molar-refractivity contribution in [2.24, 2.45) is 5.92 Å². The summed E-state index contributed by atoms with van der Waals surface area (Å²) in [5, 5.41) is 8.70. The zero-order valence-electron chi connectivity index (χ0n) is 9.13. The lowest BCUT2D eigenvalue weighted by atomic mass is 10.1. The van der Waals surface area contributed by atoms with E-state index in [9.17, 15) is 4.79 Å². The van der Waals surface area contributed by atoms with Crippen LogP contribution < -0.4 is 10.6 Å². The Morgan fingerprint density at radius 1 is 1.71 bits per heavy atom. The molecule has 6 nitrogen and oxygen atoms in total. The van der Waals surface area contributed by atoms with Crippen molar-refractivity contribution in [2.45, 2.75) is 6.42 Å². The number of aromatic nitrogens is 2. The van der Waals surface area contributed by atoms with Crippen LogP contribution >= 0.6 is 0 Å². The first-order valence-electron chi connectivity index (χ1n) is 5.11. The normalized spacial score (nSPS) is 19.1. The third-order valence-corrected chi connectivity index (χ3v) is 2.66. The molecule has 1 aliphatic heterocycles. The van der Waals surface area contributed by atoms with E-state index in [2.05, 4.69) is 16.5 Å². The number of rotatable bonds is 2. The Hall–Kier alpha value is -2.42. The van der Waals surface area contributed by atoms with Crippen molar-refractivity contribution in [3.05, 3.63) is 24.4 Å². The summed E-state index contributed by atoms with van der Waals surface area (Å²) in [5.41, 5.74) is 5.79. The van der Waals surface area contributed by atoms with E-state index in [1.54, 1.807) is 6.08 Å². The summed E-state index contributed by atoms with van der Waals surface area (Å²) < 4.78 is 0. The molecule has 0 radical (unpaired) electrons. The summed E-state index contributed by atoms with van der Waals surface area (Å²) in [5.74, 6) is 0.394. The van der Waals surface area contributed by atoms with Crippen LogP contribution in [0.5, 0.6) is 0 Å². The van der Waals surface area contributed by atoms with Gasteiger partial charge < -0.3 is 5.73 Å². The van der Waals surface area contributed by atoms with Gasteiger partial charge in [-0.3, -0.25) is 9.69 Å². The Labute approximate surface area is 98.4 Å². The number of hydrogen-bond acceptors (Lipinski definition) is 5. The SMILES string of the molecule is C=CC1CC(=O)N(c2ncc(C#N)c(N)n2)C1. The molecule has 1 fully saturated rings. The standard InChI is InChI=1S/C11H11N5O/c1-2-7-3-9(17)16(6-7)11-14-5-8(4-12)10(13)15-11/h2,5,7H,1,3,6H2,(H2,13,14,15). The zero-order valence-corrected chi connectivity index (χ0v) is 9.13. The first kappa shape index (κ1) is 11.1. The van der Waals surface area contributed by atoms with E-state index in [0.717, 1.165) is 0 Å². The van der Waals surface area contributed by atoms with Crippen molar-refractivity contribution >= 4 is 17.7 Å². The third kappa shape index (κ3) is 1.95.